The van der Waals surface area contributed by atoms with Gasteiger partial charge < -0.3 is 9.13 Å². The summed E-state index contributed by atoms with van der Waals surface area (Å²) in [6.07, 6.45) is 0. The zero-order chi connectivity index (χ0) is 41.5. The lowest BCUT2D eigenvalue weighted by molar-refractivity contribution is 0.767. The van der Waals surface area contributed by atoms with Gasteiger partial charge in [-0.25, -0.2) is 0 Å². The van der Waals surface area contributed by atoms with Crippen LogP contribution in [0.15, 0.2) is 243 Å². The molecule has 0 unspecified atom stereocenters. The molecule has 0 N–H and O–H groups in total. The molecule has 0 aliphatic heterocycles. The minimum Gasteiger partial charge on any atom is -0.309 e. The van der Waals surface area contributed by atoms with Crippen molar-refractivity contribution in [2.75, 3.05) is 0 Å². The summed E-state index contributed by atoms with van der Waals surface area (Å²) in [7, 11) is 0. The first-order chi connectivity index (χ1) is 31.3. The molecule has 2 heterocycles. The van der Waals surface area contributed by atoms with Crippen LogP contribution in [0.3, 0.4) is 0 Å². The van der Waals surface area contributed by atoms with E-state index in [0.717, 1.165) is 11.4 Å². The maximum atomic E-state index is 2.48. The van der Waals surface area contributed by atoms with Crippen molar-refractivity contribution in [2.45, 2.75) is 5.41 Å². The zero-order valence-electron chi connectivity index (χ0n) is 34.5. The second-order valence-corrected chi connectivity index (χ2v) is 16.8. The van der Waals surface area contributed by atoms with Crippen LogP contribution in [0.2, 0.25) is 0 Å². The van der Waals surface area contributed by atoms with E-state index in [1.807, 2.05) is 0 Å². The summed E-state index contributed by atoms with van der Waals surface area (Å²) < 4.78 is 4.88. The summed E-state index contributed by atoms with van der Waals surface area (Å²) in [4.78, 5) is 0. The summed E-state index contributed by atoms with van der Waals surface area (Å²) in [6, 6.07) is 89.6. The van der Waals surface area contributed by atoms with E-state index < -0.39 is 5.41 Å². The van der Waals surface area contributed by atoms with E-state index in [2.05, 4.69) is 252 Å². The molecule has 13 rings (SSSR count). The van der Waals surface area contributed by atoms with Gasteiger partial charge in [0, 0.05) is 32.9 Å². The Kier molecular flexibility index (Phi) is 7.85. The Labute approximate surface area is 366 Å². The predicted octanol–water partition coefficient (Wildman–Crippen LogP) is 15.6. The predicted molar refractivity (Wildman–Crippen MR) is 263 cm³/mol. The van der Waals surface area contributed by atoms with Gasteiger partial charge in [-0.1, -0.05) is 182 Å². The first kappa shape index (κ1) is 35.5. The monoisotopic (exact) mass is 800 g/mol. The quantitative estimate of drug-likeness (QED) is 0.159. The van der Waals surface area contributed by atoms with Crippen LogP contribution in [0.1, 0.15) is 22.3 Å². The largest absolute Gasteiger partial charge is 0.309 e. The highest BCUT2D eigenvalue weighted by Crippen LogP contribution is 2.56. The number of hydrogen-bond acceptors (Lipinski definition) is 0. The van der Waals surface area contributed by atoms with E-state index in [1.165, 1.54) is 99.2 Å². The molecule has 12 aromatic rings. The van der Waals surface area contributed by atoms with Crippen LogP contribution in [-0.2, 0) is 5.41 Å². The van der Waals surface area contributed by atoms with Crippen molar-refractivity contribution in [3.8, 4) is 44.8 Å². The van der Waals surface area contributed by atoms with Crippen LogP contribution >= 0.6 is 0 Å². The first-order valence-electron chi connectivity index (χ1n) is 21.8. The van der Waals surface area contributed by atoms with Gasteiger partial charge in [-0.15, -0.1) is 0 Å². The van der Waals surface area contributed by atoms with Crippen molar-refractivity contribution in [1.82, 2.24) is 9.13 Å². The van der Waals surface area contributed by atoms with Gasteiger partial charge in [0.1, 0.15) is 0 Å². The molecule has 0 amide bonds. The highest BCUT2D eigenvalue weighted by molar-refractivity contribution is 6.13. The molecule has 0 spiro atoms. The Morgan fingerprint density at radius 3 is 1.43 bits per heavy atom. The maximum absolute atomic E-state index is 2.48. The standard InChI is InChI=1S/C61H40N2/c1-4-17-41(18-5-1)42-32-35-58-53(37-42)54-38-43(33-36-59(54)62(58)47-22-8-3-9-23-47)44-31-34-52-51-27-12-15-30-57(51)63(60(52)39-44)48-24-16-21-46(40-48)61(45-19-6-2-7-20-45)55-28-13-10-25-49(55)50-26-11-14-29-56(50)61/h1-40H. The molecule has 0 atom stereocenters. The van der Waals surface area contributed by atoms with E-state index in [4.69, 9.17) is 0 Å². The van der Waals surface area contributed by atoms with Gasteiger partial charge in [0.15, 0.2) is 0 Å². The molecule has 0 saturated carbocycles. The minimum absolute atomic E-state index is 0.483. The normalized spacial score (nSPS) is 12.9. The van der Waals surface area contributed by atoms with E-state index in [1.54, 1.807) is 0 Å². The Balaban J connectivity index is 1.02. The molecule has 2 nitrogen and oxygen atoms in total. The smallest absolute Gasteiger partial charge is 0.0714 e. The summed E-state index contributed by atoms with van der Waals surface area (Å²) in [5, 5.41) is 4.96. The number of hydrogen-bond donors (Lipinski definition) is 0. The fourth-order valence-corrected chi connectivity index (χ4v) is 10.9. The van der Waals surface area contributed by atoms with Gasteiger partial charge in [0.05, 0.1) is 27.5 Å². The summed E-state index contributed by atoms with van der Waals surface area (Å²) in [5.41, 5.74) is 19.1. The van der Waals surface area contributed by atoms with Crippen LogP contribution in [0, 0.1) is 0 Å². The van der Waals surface area contributed by atoms with Crippen molar-refractivity contribution in [3.05, 3.63) is 265 Å². The zero-order valence-corrected chi connectivity index (χ0v) is 34.5. The van der Waals surface area contributed by atoms with Gasteiger partial charge in [0.25, 0.3) is 0 Å². The molecule has 294 valence electrons. The SMILES string of the molecule is c1ccc(-c2ccc3c(c2)c2cc(-c4ccc5c6ccccc6n(-c6cccc(C7(c8ccccc8)c8ccccc8-c8ccccc87)c6)c5c4)ccc2n3-c2ccccc2)cc1. The van der Waals surface area contributed by atoms with Crippen molar-refractivity contribution in [1.29, 1.82) is 0 Å². The molecule has 2 aromatic heterocycles. The third kappa shape index (κ3) is 5.25. The van der Waals surface area contributed by atoms with E-state index in [9.17, 15) is 0 Å². The maximum Gasteiger partial charge on any atom is 0.0714 e. The summed E-state index contributed by atoms with van der Waals surface area (Å²) in [6.45, 7) is 0. The molecule has 1 aliphatic carbocycles. The molecule has 0 fully saturated rings. The topological polar surface area (TPSA) is 9.86 Å². The van der Waals surface area contributed by atoms with Gasteiger partial charge in [0.2, 0.25) is 0 Å². The van der Waals surface area contributed by atoms with Crippen molar-refractivity contribution < 1.29 is 0 Å². The molecule has 10 aromatic carbocycles. The molecule has 0 radical (unpaired) electrons. The summed E-state index contributed by atoms with van der Waals surface area (Å²) in [5.74, 6) is 0. The Hall–Kier alpha value is -8.20. The molecular formula is C61H40N2. The van der Waals surface area contributed by atoms with Gasteiger partial charge in [-0.2, -0.15) is 0 Å². The van der Waals surface area contributed by atoms with Crippen molar-refractivity contribution in [3.63, 3.8) is 0 Å². The third-order valence-corrected chi connectivity index (χ3v) is 13.6. The molecule has 0 saturated heterocycles. The first-order valence-corrected chi connectivity index (χ1v) is 21.8. The average Bonchev–Trinajstić information content (AvgIpc) is 3.98. The lowest BCUT2D eigenvalue weighted by atomic mass is 9.67. The molecule has 2 heteroatoms. The Morgan fingerprint density at radius 2 is 0.730 bits per heavy atom. The number of rotatable bonds is 6. The number of aromatic nitrogens is 2. The van der Waals surface area contributed by atoms with Gasteiger partial charge in [-0.05, 0) is 116 Å². The van der Waals surface area contributed by atoms with Gasteiger partial charge >= 0.3 is 0 Å². The van der Waals surface area contributed by atoms with E-state index >= 15 is 0 Å². The second kappa shape index (κ2) is 13.9. The third-order valence-electron chi connectivity index (χ3n) is 13.6. The fraction of sp³-hybridized carbons (Fsp3) is 0.0164. The van der Waals surface area contributed by atoms with E-state index in [0.29, 0.717) is 0 Å². The average molecular weight is 801 g/mol. The van der Waals surface area contributed by atoms with Crippen molar-refractivity contribution >= 4 is 43.6 Å². The van der Waals surface area contributed by atoms with Crippen LogP contribution in [0.5, 0.6) is 0 Å². The van der Waals surface area contributed by atoms with Crippen LogP contribution in [0.25, 0.3) is 88.4 Å². The number of benzene rings is 10. The van der Waals surface area contributed by atoms with Crippen molar-refractivity contribution in [2.24, 2.45) is 0 Å². The number of para-hydroxylation sites is 2. The van der Waals surface area contributed by atoms with Gasteiger partial charge in [-0.3, -0.25) is 0 Å². The lowest BCUT2D eigenvalue weighted by Gasteiger charge is -2.34. The molecular weight excluding hydrogens is 761 g/mol. The minimum atomic E-state index is -0.483. The van der Waals surface area contributed by atoms with Crippen LogP contribution < -0.4 is 0 Å². The molecule has 0 bridgehead atoms. The Morgan fingerprint density at radius 1 is 0.254 bits per heavy atom. The second-order valence-electron chi connectivity index (χ2n) is 16.8. The molecule has 1 aliphatic rings. The number of fused-ring (bicyclic) bond motifs is 9. The fourth-order valence-electron chi connectivity index (χ4n) is 10.9. The highest BCUT2D eigenvalue weighted by atomic mass is 15.0. The van der Waals surface area contributed by atoms with Crippen LogP contribution in [-0.4, -0.2) is 9.13 Å². The molecule has 63 heavy (non-hydrogen) atoms. The summed E-state index contributed by atoms with van der Waals surface area (Å²) >= 11 is 0. The number of nitrogens with zero attached hydrogens (tertiary/aromatic N) is 2. The Bertz CT molecular complexity index is 3680. The van der Waals surface area contributed by atoms with E-state index in [-0.39, 0.29) is 0 Å². The lowest BCUT2D eigenvalue weighted by Crippen LogP contribution is -2.28. The highest BCUT2D eigenvalue weighted by Gasteiger charge is 2.46. The van der Waals surface area contributed by atoms with Crippen LogP contribution in [0.4, 0.5) is 0 Å².